The van der Waals surface area contributed by atoms with Crippen LogP contribution >= 0.6 is 11.8 Å². The Kier molecular flexibility index (Phi) is 15.9. The smallest absolute Gasteiger partial charge is 0.315 e. The van der Waals surface area contributed by atoms with Crippen LogP contribution in [0.25, 0.3) is 33.4 Å². The third kappa shape index (κ3) is 11.6. The lowest BCUT2D eigenvalue weighted by molar-refractivity contribution is -0.255. The van der Waals surface area contributed by atoms with Crippen LogP contribution in [-0.4, -0.2) is 107 Å². The number of hydrogen-bond donors (Lipinski definition) is 6. The number of fused-ring (bicyclic) bond motifs is 3. The first kappa shape index (κ1) is 45.9. The Morgan fingerprint density at radius 1 is 0.887 bits per heavy atom. The van der Waals surface area contributed by atoms with Gasteiger partial charge in [0.05, 0.1) is 30.2 Å². The zero-order valence-electron chi connectivity index (χ0n) is 36.1. The number of aromatic carboxylic acids is 1. The highest BCUT2D eigenvalue weighted by atomic mass is 32.2. The highest BCUT2D eigenvalue weighted by Gasteiger charge is 2.42. The van der Waals surface area contributed by atoms with Crippen molar-refractivity contribution in [3.8, 4) is 22.5 Å². The standard InChI is InChI=1S/C46H60N8O7S/c1-53(2)29-16-19-32-37(25-29)61-38-26-30(54(3)4)17-20-33(38)41(32)31-18-15-28(24-34(31)45(58)59)43(56)49-22-9-5-10-23-50-44(57)35(47)12-8-11-21-48-40(55)14-7-6-13-39-42-36(27-62-39)51-46(60)52-42/h15-20,24-26,35-36,39,42H,5-14,21-23,27,47H2,1-4H3,(H5-,48,49,50,51,52,55,56,57,58,59,60)/t35-,36-,39-,42-/m0/s1. The molecule has 15 nitrogen and oxygen atoms in total. The van der Waals surface area contributed by atoms with Crippen LogP contribution in [0.15, 0.2) is 59.0 Å². The molecule has 0 radical (unpaired) electrons. The molecule has 62 heavy (non-hydrogen) atoms. The number of benzene rings is 3. The molecule has 6 rings (SSSR count). The van der Waals surface area contributed by atoms with E-state index in [-0.39, 0.29) is 41.1 Å². The number of carboxylic acids is 1. The van der Waals surface area contributed by atoms with Crippen molar-refractivity contribution in [2.45, 2.75) is 87.6 Å². The Hall–Kier alpha value is -5.61. The first-order valence-corrected chi connectivity index (χ1v) is 22.7. The van der Waals surface area contributed by atoms with Crippen molar-refractivity contribution in [3.63, 3.8) is 0 Å². The lowest BCUT2D eigenvalue weighted by Crippen LogP contribution is -2.41. The summed E-state index contributed by atoms with van der Waals surface area (Å²) in [6.45, 7) is 1.38. The second-order valence-corrected chi connectivity index (χ2v) is 17.9. The molecule has 0 bridgehead atoms. The predicted molar refractivity (Wildman–Crippen MR) is 242 cm³/mol. The van der Waals surface area contributed by atoms with Gasteiger partial charge in [-0.2, -0.15) is 11.8 Å². The fraction of sp³-hybridized carbons (Fsp3) is 0.478. The van der Waals surface area contributed by atoms with Crippen LogP contribution in [0.1, 0.15) is 84.9 Å². The highest BCUT2D eigenvalue weighted by molar-refractivity contribution is 8.00. The molecule has 332 valence electrons. The third-order valence-corrected chi connectivity index (χ3v) is 13.1. The van der Waals surface area contributed by atoms with E-state index in [1.807, 2.05) is 85.8 Å². The average Bonchev–Trinajstić information content (AvgIpc) is 3.81. The minimum Gasteiger partial charge on any atom is -0.545 e. The van der Waals surface area contributed by atoms with E-state index >= 15 is 0 Å². The molecule has 4 aliphatic rings. The fourth-order valence-corrected chi connectivity index (χ4v) is 9.61. The van der Waals surface area contributed by atoms with Gasteiger partial charge in [-0.25, -0.2) is 9.37 Å². The number of carbonyl (C=O) groups is 5. The summed E-state index contributed by atoms with van der Waals surface area (Å²) in [5.41, 5.74) is 9.56. The molecular formula is C46H60N8O7S. The summed E-state index contributed by atoms with van der Waals surface area (Å²) in [6.07, 6.45) is 7.30. The number of hydrogen-bond acceptors (Lipinski definition) is 10. The van der Waals surface area contributed by atoms with Gasteiger partial charge in [-0.3, -0.25) is 14.4 Å². The van der Waals surface area contributed by atoms with E-state index in [1.165, 1.54) is 6.07 Å². The Morgan fingerprint density at radius 2 is 1.63 bits per heavy atom. The number of thioether (sulfide) groups is 1. The molecule has 0 saturated carbocycles. The summed E-state index contributed by atoms with van der Waals surface area (Å²) < 4.78 is 8.35. The number of amides is 5. The van der Waals surface area contributed by atoms with Crippen molar-refractivity contribution in [2.24, 2.45) is 5.73 Å². The van der Waals surface area contributed by atoms with Crippen LogP contribution in [0.2, 0.25) is 0 Å². The van der Waals surface area contributed by atoms with Crippen molar-refractivity contribution < 1.29 is 33.5 Å². The molecule has 7 N–H and O–H groups in total. The lowest BCUT2D eigenvalue weighted by atomic mass is 9.89. The maximum Gasteiger partial charge on any atom is 0.315 e. The molecule has 2 saturated heterocycles. The van der Waals surface area contributed by atoms with E-state index in [4.69, 9.17) is 10.2 Å². The van der Waals surface area contributed by atoms with E-state index in [2.05, 4.69) is 26.6 Å². The molecular weight excluding hydrogens is 809 g/mol. The second kappa shape index (κ2) is 21.5. The van der Waals surface area contributed by atoms with Crippen molar-refractivity contribution in [2.75, 3.05) is 58.5 Å². The minimum absolute atomic E-state index is 0.0277. The first-order valence-electron chi connectivity index (χ1n) is 21.6. The van der Waals surface area contributed by atoms with Gasteiger partial charge in [0.2, 0.25) is 17.2 Å². The van der Waals surface area contributed by atoms with Crippen molar-refractivity contribution in [1.29, 1.82) is 0 Å². The van der Waals surface area contributed by atoms with Gasteiger partial charge in [0, 0.05) is 96.6 Å². The van der Waals surface area contributed by atoms with Gasteiger partial charge < -0.3 is 51.5 Å². The maximum atomic E-state index is 13.2. The van der Waals surface area contributed by atoms with E-state index < -0.39 is 17.9 Å². The quantitative estimate of drug-likeness (QED) is 0.0312. The molecule has 1 aliphatic carbocycles. The summed E-state index contributed by atoms with van der Waals surface area (Å²) in [6, 6.07) is 15.9. The number of carboxylic acid groups (broad SMARTS) is 1. The van der Waals surface area contributed by atoms with Gasteiger partial charge in [-0.15, -0.1) is 0 Å². The Morgan fingerprint density at radius 3 is 2.39 bits per heavy atom. The molecule has 3 heterocycles. The van der Waals surface area contributed by atoms with Gasteiger partial charge in [-0.1, -0.05) is 12.5 Å². The molecule has 0 unspecified atom stereocenters. The second-order valence-electron chi connectivity index (χ2n) is 16.6. The number of urea groups is 1. The first-order chi connectivity index (χ1) is 29.8. The van der Waals surface area contributed by atoms with Gasteiger partial charge in [0.15, 0.2) is 0 Å². The number of rotatable bonds is 21. The van der Waals surface area contributed by atoms with Crippen molar-refractivity contribution >= 4 is 58.1 Å². The number of unbranched alkanes of at least 4 members (excludes halogenated alkanes) is 4. The van der Waals surface area contributed by atoms with Gasteiger partial charge in [0.1, 0.15) is 25.4 Å². The van der Waals surface area contributed by atoms with Gasteiger partial charge in [0.25, 0.3) is 5.91 Å². The third-order valence-electron chi connectivity index (χ3n) is 11.6. The van der Waals surface area contributed by atoms with Crippen LogP contribution in [0.5, 0.6) is 0 Å². The zero-order chi connectivity index (χ0) is 44.3. The molecule has 2 aromatic rings. The summed E-state index contributed by atoms with van der Waals surface area (Å²) in [7, 11) is 7.74. The molecule has 0 spiro atoms. The minimum atomic E-state index is -1.40. The van der Waals surface area contributed by atoms with E-state index in [1.54, 1.807) is 12.1 Å². The predicted octanol–water partition coefficient (Wildman–Crippen LogP) is 3.02. The summed E-state index contributed by atoms with van der Waals surface area (Å²) in [5, 5.41) is 29.4. The largest absolute Gasteiger partial charge is 0.545 e. The van der Waals surface area contributed by atoms with E-state index in [0.29, 0.717) is 73.0 Å². The average molecular weight is 869 g/mol. The van der Waals surface area contributed by atoms with E-state index in [9.17, 15) is 29.1 Å². The summed E-state index contributed by atoms with van der Waals surface area (Å²) >= 11 is 1.88. The number of nitrogens with zero attached hydrogens (tertiary/aromatic N) is 2. The number of nitrogens with two attached hydrogens (primary N) is 1. The highest BCUT2D eigenvalue weighted by Crippen LogP contribution is 2.42. The summed E-state index contributed by atoms with van der Waals surface area (Å²) in [4.78, 5) is 64.1. The Bertz CT molecular complexity index is 2310. The van der Waals surface area contributed by atoms with Crippen LogP contribution in [-0.2, 0) is 9.59 Å². The molecule has 2 aromatic carbocycles. The van der Waals surface area contributed by atoms with Gasteiger partial charge in [-0.05, 0) is 87.3 Å². The lowest BCUT2D eigenvalue weighted by Gasteiger charge is -2.20. The molecule has 2 fully saturated rings. The van der Waals surface area contributed by atoms with Crippen LogP contribution < -0.4 is 52.3 Å². The topological polar surface area (TPSA) is 214 Å². The van der Waals surface area contributed by atoms with E-state index in [0.717, 1.165) is 66.3 Å². The maximum absolute atomic E-state index is 13.2. The number of nitrogens with one attached hydrogen (secondary N) is 5. The Labute approximate surface area is 367 Å². The zero-order valence-corrected chi connectivity index (χ0v) is 37.0. The molecule has 0 aromatic heterocycles. The summed E-state index contributed by atoms with van der Waals surface area (Å²) in [5.74, 6) is -0.449. The van der Waals surface area contributed by atoms with Crippen LogP contribution in [0.4, 0.5) is 10.5 Å². The molecule has 5 amide bonds. The molecule has 4 atom stereocenters. The Balaban J connectivity index is 0.890. The fourth-order valence-electron chi connectivity index (χ4n) is 8.07. The van der Waals surface area contributed by atoms with Crippen LogP contribution in [0.3, 0.4) is 0 Å². The van der Waals surface area contributed by atoms with Gasteiger partial charge >= 0.3 is 6.03 Å². The van der Waals surface area contributed by atoms with Crippen LogP contribution in [0, 0.1) is 0 Å². The molecule has 3 aliphatic heterocycles. The SMILES string of the molecule is CN(C)c1ccc2c(-c3ccc(C(=O)NCCCCCNC(=O)[C@@H](N)CCCCNC(=O)CCCC[C@@H]4SC[C@@H]5NC(=O)N[C@@H]54)cc3C(=O)[O-])c3ccc(=[N+](C)C)cc-3oc2c1. The number of anilines is 1. The van der Waals surface area contributed by atoms with Crippen molar-refractivity contribution in [1.82, 2.24) is 31.2 Å². The van der Waals surface area contributed by atoms with Crippen molar-refractivity contribution in [3.05, 3.63) is 71.1 Å². The monoisotopic (exact) mass is 868 g/mol. The number of carbonyl (C=O) groups excluding carboxylic acids is 5. The normalized spacial score (nSPS) is 17.2. The molecule has 16 heteroatoms.